The number of hydrogen-bond acceptors (Lipinski definition) is 2. The van der Waals surface area contributed by atoms with Crippen molar-refractivity contribution in [2.24, 2.45) is 0 Å². The van der Waals surface area contributed by atoms with Crippen molar-refractivity contribution in [1.82, 2.24) is 4.57 Å². The highest BCUT2D eigenvalue weighted by Gasteiger charge is 2.38. The van der Waals surface area contributed by atoms with E-state index in [0.717, 1.165) is 61.4 Å². The van der Waals surface area contributed by atoms with Crippen LogP contribution in [0, 0.1) is 0 Å². The van der Waals surface area contributed by atoms with E-state index in [1.165, 1.54) is 49.6 Å². The topological polar surface area (TPSA) is 21.3 Å². The van der Waals surface area contributed by atoms with E-state index in [9.17, 15) is 0 Å². The van der Waals surface area contributed by atoms with Crippen molar-refractivity contribution in [1.29, 1.82) is 0 Å². The van der Waals surface area contributed by atoms with E-state index >= 15 is 0 Å². The second-order valence-electron chi connectivity index (χ2n) is 16.5. The highest BCUT2D eigenvalue weighted by atomic mass is 16.3. The van der Waals surface area contributed by atoms with Gasteiger partial charge in [0.1, 0.15) is 11.2 Å². The summed E-state index contributed by atoms with van der Waals surface area (Å²) in [6.07, 6.45) is 0. The molecule has 0 saturated heterocycles. The first-order valence-electron chi connectivity index (χ1n) is 20.8. The van der Waals surface area contributed by atoms with Gasteiger partial charge in [-0.05, 0) is 99.6 Å². The third-order valence-electron chi connectivity index (χ3n) is 12.8. The van der Waals surface area contributed by atoms with Gasteiger partial charge >= 0.3 is 0 Å². The lowest BCUT2D eigenvalue weighted by molar-refractivity contribution is 0.660. The molecule has 11 aromatic rings. The number of para-hydroxylation sites is 3. The SMILES string of the molecule is CC1(C)c2ccccc2-c2c(N(c3cccc(-c4ccccc4)c3)c3cc(-c4ccc5c6ccccc6n(-c6ccccc6)c5c4)cc4oc5ccccc5c34)cccc21. The predicted octanol–water partition coefficient (Wildman–Crippen LogP) is 15.8. The van der Waals surface area contributed by atoms with Crippen LogP contribution in [0.3, 0.4) is 0 Å². The first-order valence-corrected chi connectivity index (χ1v) is 20.8. The van der Waals surface area contributed by atoms with Crippen LogP contribution in [-0.2, 0) is 5.41 Å². The van der Waals surface area contributed by atoms with Crippen LogP contribution in [0.4, 0.5) is 17.1 Å². The molecule has 0 aliphatic heterocycles. The Balaban J connectivity index is 1.17. The summed E-state index contributed by atoms with van der Waals surface area (Å²) in [6.45, 7) is 4.71. The summed E-state index contributed by atoms with van der Waals surface area (Å²) in [5.74, 6) is 0. The predicted molar refractivity (Wildman–Crippen MR) is 251 cm³/mol. The summed E-state index contributed by atoms with van der Waals surface area (Å²) in [7, 11) is 0. The maximum absolute atomic E-state index is 6.85. The number of hydrogen-bond donors (Lipinski definition) is 0. The molecule has 0 unspecified atom stereocenters. The Bertz CT molecular complexity index is 3460. The van der Waals surface area contributed by atoms with E-state index in [2.05, 4.69) is 230 Å². The number of nitrogens with zero attached hydrogens (tertiary/aromatic N) is 2. The van der Waals surface area contributed by atoms with Crippen LogP contribution in [-0.4, -0.2) is 4.57 Å². The largest absolute Gasteiger partial charge is 0.456 e. The molecule has 1 aliphatic rings. The maximum atomic E-state index is 6.85. The van der Waals surface area contributed by atoms with Gasteiger partial charge in [0.05, 0.1) is 27.8 Å². The molecule has 9 aromatic carbocycles. The van der Waals surface area contributed by atoms with Gasteiger partial charge in [0.2, 0.25) is 0 Å². The lowest BCUT2D eigenvalue weighted by atomic mass is 9.82. The molecule has 3 nitrogen and oxygen atoms in total. The lowest BCUT2D eigenvalue weighted by Crippen LogP contribution is -2.16. The van der Waals surface area contributed by atoms with Crippen LogP contribution < -0.4 is 4.90 Å². The average molecular weight is 769 g/mol. The summed E-state index contributed by atoms with van der Waals surface area (Å²) < 4.78 is 9.24. The fourth-order valence-corrected chi connectivity index (χ4v) is 9.97. The number of fused-ring (bicyclic) bond motifs is 9. The molecule has 0 saturated carbocycles. The quantitative estimate of drug-likeness (QED) is 0.168. The van der Waals surface area contributed by atoms with Gasteiger partial charge in [-0.2, -0.15) is 0 Å². The zero-order valence-electron chi connectivity index (χ0n) is 33.4. The standard InChI is InChI=1S/C57H40N2O/c1-57(2)47-26-12-9-24-45(47)55-48(57)27-16-29-50(55)59(42-22-15-19-38(33-42)37-17-5-3-6-18-37)52-35-40(36-54-56(52)46-25-11-14-30-53(46)60-54)39-31-32-44-43-23-10-13-28-49(43)58(51(44)34-39)41-20-7-4-8-21-41/h3-36H,1-2H3. The molecular formula is C57H40N2O. The highest BCUT2D eigenvalue weighted by Crippen LogP contribution is 2.55. The Labute approximate surface area is 349 Å². The normalized spacial score (nSPS) is 13.0. The van der Waals surface area contributed by atoms with E-state index in [4.69, 9.17) is 4.42 Å². The second kappa shape index (κ2) is 13.2. The first-order chi connectivity index (χ1) is 29.5. The van der Waals surface area contributed by atoms with E-state index in [1.54, 1.807) is 0 Å². The Kier molecular flexibility index (Phi) is 7.58. The Morgan fingerprint density at radius 2 is 1.10 bits per heavy atom. The molecule has 60 heavy (non-hydrogen) atoms. The van der Waals surface area contributed by atoms with Gasteiger partial charge < -0.3 is 13.9 Å². The monoisotopic (exact) mass is 768 g/mol. The van der Waals surface area contributed by atoms with Gasteiger partial charge in [-0.3, -0.25) is 0 Å². The van der Waals surface area contributed by atoms with Gasteiger partial charge in [-0.25, -0.2) is 0 Å². The van der Waals surface area contributed by atoms with Crippen molar-refractivity contribution in [3.8, 4) is 39.1 Å². The number of furan rings is 1. The molecule has 0 amide bonds. The molecule has 0 N–H and O–H groups in total. The van der Waals surface area contributed by atoms with Crippen molar-refractivity contribution in [3.63, 3.8) is 0 Å². The molecule has 3 heteroatoms. The fraction of sp³-hybridized carbons (Fsp3) is 0.0526. The van der Waals surface area contributed by atoms with Crippen molar-refractivity contribution in [3.05, 3.63) is 217 Å². The molecule has 12 rings (SSSR count). The van der Waals surface area contributed by atoms with Gasteiger partial charge in [0, 0.05) is 38.5 Å². The number of benzene rings is 9. The summed E-state index contributed by atoms with van der Waals surface area (Å²) in [4.78, 5) is 2.50. The minimum atomic E-state index is -0.161. The zero-order chi connectivity index (χ0) is 40.0. The first kappa shape index (κ1) is 34.4. The third-order valence-corrected chi connectivity index (χ3v) is 12.8. The average Bonchev–Trinajstić information content (AvgIpc) is 3.92. The van der Waals surface area contributed by atoms with E-state index in [1.807, 2.05) is 0 Å². The summed E-state index contributed by atoms with van der Waals surface area (Å²) in [5.41, 5.74) is 18.1. The van der Waals surface area contributed by atoms with E-state index < -0.39 is 0 Å². The third kappa shape index (κ3) is 5.15. The molecule has 0 radical (unpaired) electrons. The zero-order valence-corrected chi connectivity index (χ0v) is 33.4. The maximum Gasteiger partial charge on any atom is 0.138 e. The Hall–Kier alpha value is -7.62. The lowest BCUT2D eigenvalue weighted by Gasteiger charge is -2.30. The van der Waals surface area contributed by atoms with Crippen molar-refractivity contribution < 1.29 is 4.42 Å². The van der Waals surface area contributed by atoms with Gasteiger partial charge in [-0.1, -0.05) is 159 Å². The summed E-state index contributed by atoms with van der Waals surface area (Å²) in [6, 6.07) is 74.9. The number of aromatic nitrogens is 1. The van der Waals surface area contributed by atoms with Crippen molar-refractivity contribution >= 4 is 60.8 Å². The van der Waals surface area contributed by atoms with Crippen LogP contribution in [0.25, 0.3) is 82.8 Å². The van der Waals surface area contributed by atoms with Gasteiger partial charge in [0.25, 0.3) is 0 Å². The minimum Gasteiger partial charge on any atom is -0.456 e. The molecule has 0 bridgehead atoms. The fourth-order valence-electron chi connectivity index (χ4n) is 9.97. The molecule has 2 aromatic heterocycles. The second-order valence-corrected chi connectivity index (χ2v) is 16.5. The minimum absolute atomic E-state index is 0.161. The van der Waals surface area contributed by atoms with Crippen molar-refractivity contribution in [2.45, 2.75) is 19.3 Å². The van der Waals surface area contributed by atoms with Crippen molar-refractivity contribution in [2.75, 3.05) is 4.90 Å². The molecule has 0 spiro atoms. The highest BCUT2D eigenvalue weighted by molar-refractivity contribution is 6.16. The van der Waals surface area contributed by atoms with Gasteiger partial charge in [0.15, 0.2) is 0 Å². The Morgan fingerprint density at radius 1 is 0.433 bits per heavy atom. The number of rotatable bonds is 6. The van der Waals surface area contributed by atoms with Crippen LogP contribution in [0.5, 0.6) is 0 Å². The molecular weight excluding hydrogens is 729 g/mol. The molecule has 2 heterocycles. The summed E-state index contributed by atoms with van der Waals surface area (Å²) >= 11 is 0. The van der Waals surface area contributed by atoms with Crippen LogP contribution in [0.1, 0.15) is 25.0 Å². The van der Waals surface area contributed by atoms with E-state index in [0.29, 0.717) is 0 Å². The molecule has 284 valence electrons. The molecule has 1 aliphatic carbocycles. The smallest absolute Gasteiger partial charge is 0.138 e. The van der Waals surface area contributed by atoms with Crippen LogP contribution in [0.2, 0.25) is 0 Å². The Morgan fingerprint density at radius 3 is 1.97 bits per heavy atom. The molecule has 0 fully saturated rings. The van der Waals surface area contributed by atoms with E-state index in [-0.39, 0.29) is 5.41 Å². The van der Waals surface area contributed by atoms with Crippen LogP contribution in [0.15, 0.2) is 211 Å². The molecule has 0 atom stereocenters. The summed E-state index contributed by atoms with van der Waals surface area (Å²) in [5, 5.41) is 4.64. The van der Waals surface area contributed by atoms with Gasteiger partial charge in [-0.15, -0.1) is 0 Å². The number of anilines is 3. The van der Waals surface area contributed by atoms with Crippen LogP contribution >= 0.6 is 0 Å².